The fourth-order valence-corrected chi connectivity index (χ4v) is 7.94. The van der Waals surface area contributed by atoms with Crippen LogP contribution in [-0.4, -0.2) is 126 Å². The van der Waals surface area contributed by atoms with Crippen LogP contribution < -0.4 is 31.9 Å². The number of hydrogen-bond acceptors (Lipinski definition) is 19. The highest BCUT2D eigenvalue weighted by atomic mass is 32.1. The van der Waals surface area contributed by atoms with E-state index in [-0.39, 0.29) is 47.1 Å². The Hall–Kier alpha value is -8.12. The molecule has 2 atom stereocenters. The Labute approximate surface area is 416 Å². The Balaban J connectivity index is 0.000000264. The van der Waals surface area contributed by atoms with Crippen molar-refractivity contribution >= 4 is 70.1 Å². The number of carbonyl (C=O) groups excluding carboxylic acids is 5. The van der Waals surface area contributed by atoms with Crippen LogP contribution in [0, 0.1) is 27.7 Å². The number of anilines is 2. The summed E-state index contributed by atoms with van der Waals surface area (Å²) in [6.45, 7) is 7.34. The molecule has 4 heterocycles. The summed E-state index contributed by atoms with van der Waals surface area (Å²) < 4.78 is 4.77. The number of benzene rings is 2. The van der Waals surface area contributed by atoms with Crippen molar-refractivity contribution in [1.82, 2.24) is 51.2 Å². The van der Waals surface area contributed by atoms with Crippen LogP contribution in [0.15, 0.2) is 70.3 Å². The largest absolute Gasteiger partial charge is 0.508 e. The molecular formula is C47H54N12O10S2. The van der Waals surface area contributed by atoms with E-state index >= 15 is 0 Å². The Bertz CT molecular complexity index is 2750. The Morgan fingerprint density at radius 1 is 0.606 bits per heavy atom. The lowest BCUT2D eigenvalue weighted by atomic mass is 10.1. The highest BCUT2D eigenvalue weighted by Gasteiger charge is 2.27. The number of hydrogen-bond donors (Lipinski definition) is 9. The maximum Gasteiger partial charge on any atom is 0.330 e. The number of carbonyl (C=O) groups is 6. The normalized spacial score (nSPS) is 11.5. The van der Waals surface area contributed by atoms with Crippen LogP contribution >= 0.6 is 22.7 Å². The summed E-state index contributed by atoms with van der Waals surface area (Å²) in [6.07, 6.45) is 3.10. The topological polar surface area (TPSA) is 322 Å². The number of aromatic nitrogens is 6. The first-order valence-electron chi connectivity index (χ1n) is 22.0. The summed E-state index contributed by atoms with van der Waals surface area (Å²) in [6, 6.07) is 11.7. The Morgan fingerprint density at radius 2 is 1.01 bits per heavy atom. The molecule has 0 aliphatic carbocycles. The molecule has 0 saturated heterocycles. The number of nitrogens with one attached hydrogen (secondary N) is 6. The third kappa shape index (κ3) is 16.5. The average molecular weight is 1010 g/mol. The van der Waals surface area contributed by atoms with Crippen molar-refractivity contribution in [2.45, 2.75) is 65.5 Å². The molecule has 6 aromatic rings. The average Bonchev–Trinajstić information content (AvgIpc) is 4.08. The molecule has 4 aromatic heterocycles. The quantitative estimate of drug-likeness (QED) is 0.0344. The van der Waals surface area contributed by atoms with Gasteiger partial charge in [-0.25, -0.2) is 39.5 Å². The monoisotopic (exact) mass is 1010 g/mol. The molecule has 22 nitrogen and oxygen atoms in total. The molecule has 71 heavy (non-hydrogen) atoms. The van der Waals surface area contributed by atoms with E-state index in [9.17, 15) is 44.1 Å². The lowest BCUT2D eigenvalue weighted by Gasteiger charge is -2.18. The first kappa shape index (κ1) is 53.8. The number of phenolic OH excluding ortho intramolecular Hbond substituents is 2. The van der Waals surface area contributed by atoms with Crippen molar-refractivity contribution in [3.05, 3.63) is 127 Å². The summed E-state index contributed by atoms with van der Waals surface area (Å²) in [5, 5.41) is 48.0. The van der Waals surface area contributed by atoms with E-state index < -0.39 is 47.7 Å². The number of carboxylic acid groups (broad SMARTS) is 1. The summed E-state index contributed by atoms with van der Waals surface area (Å²) >= 11 is 2.51. The highest BCUT2D eigenvalue weighted by Crippen LogP contribution is 2.17. The molecule has 0 radical (unpaired) electrons. The molecule has 9 N–H and O–H groups in total. The van der Waals surface area contributed by atoms with E-state index in [0.717, 1.165) is 36.8 Å². The van der Waals surface area contributed by atoms with Crippen LogP contribution in [0.1, 0.15) is 88.4 Å². The predicted molar refractivity (Wildman–Crippen MR) is 264 cm³/mol. The van der Waals surface area contributed by atoms with E-state index in [0.29, 0.717) is 47.8 Å². The zero-order valence-corrected chi connectivity index (χ0v) is 41.1. The van der Waals surface area contributed by atoms with Crippen molar-refractivity contribution in [3.8, 4) is 11.5 Å². The van der Waals surface area contributed by atoms with Gasteiger partial charge in [0.15, 0.2) is 0 Å². The molecule has 24 heteroatoms. The number of carboxylic acids is 1. The molecule has 0 spiro atoms. The van der Waals surface area contributed by atoms with Gasteiger partial charge < -0.3 is 52.0 Å². The number of esters is 1. The Morgan fingerprint density at radius 3 is 1.38 bits per heavy atom. The standard InChI is InChI=1S/C24H28N6O5S.C23H26N6O5S/c1-14-20(15(2)29-24(28-14)25-9-5-7-16-6-4-8-17(31)10-16)22(33)30-18(23(34)35-3)11-26-21(32)19-12-36-13-27-19;1-13-19(21(32)29-17(22(33)34)10-25-20(31)18-11-35-12-26-18)14(2)28-23(27-13)24-8-4-6-15-5-3-7-16(30)9-15/h4,6,8,10,12-13,18,31H,5,7,9,11H2,1-3H3,(H,26,32)(H,30,33)(H,25,28,29);3,5,7,9,11-12,17,30H,4,6,8,10H2,1-2H3,(H,25,31)(H,29,32)(H,33,34)(H,24,27,28)/t18-;17-/m00/s1. The van der Waals surface area contributed by atoms with Crippen LogP contribution in [0.2, 0.25) is 0 Å². The fourth-order valence-electron chi connectivity index (χ4n) is 6.87. The minimum absolute atomic E-state index is 0.174. The highest BCUT2D eigenvalue weighted by molar-refractivity contribution is 7.08. The van der Waals surface area contributed by atoms with Gasteiger partial charge in [-0.05, 0) is 88.8 Å². The van der Waals surface area contributed by atoms with Gasteiger partial charge in [-0.15, -0.1) is 22.7 Å². The summed E-state index contributed by atoms with van der Waals surface area (Å²) in [5.41, 5.74) is 7.52. The molecule has 0 saturated carbocycles. The molecule has 0 aliphatic rings. The number of aliphatic carboxylic acids is 1. The van der Waals surface area contributed by atoms with Gasteiger partial charge in [0.25, 0.3) is 23.6 Å². The summed E-state index contributed by atoms with van der Waals surface area (Å²) in [5.74, 6) is -2.98. The zero-order valence-electron chi connectivity index (χ0n) is 39.4. The number of phenols is 2. The van der Waals surface area contributed by atoms with Gasteiger partial charge in [0.1, 0.15) is 35.0 Å². The number of methoxy groups -OCH3 is 1. The molecule has 374 valence electrons. The van der Waals surface area contributed by atoms with Crippen LogP contribution in [0.3, 0.4) is 0 Å². The van der Waals surface area contributed by atoms with E-state index in [4.69, 9.17) is 4.74 Å². The molecule has 0 unspecified atom stereocenters. The number of ether oxygens (including phenoxy) is 1. The zero-order chi connectivity index (χ0) is 51.5. The van der Waals surface area contributed by atoms with Gasteiger partial charge in [0, 0.05) is 36.9 Å². The van der Waals surface area contributed by atoms with Crippen molar-refractivity contribution < 1.29 is 48.8 Å². The van der Waals surface area contributed by atoms with Crippen molar-refractivity contribution in [2.24, 2.45) is 0 Å². The van der Waals surface area contributed by atoms with E-state index in [1.54, 1.807) is 69.5 Å². The van der Waals surface area contributed by atoms with Gasteiger partial charge in [0.2, 0.25) is 11.9 Å². The predicted octanol–water partition coefficient (Wildman–Crippen LogP) is 3.91. The second-order valence-electron chi connectivity index (χ2n) is 15.7. The number of nitrogens with zero attached hydrogens (tertiary/aromatic N) is 6. The van der Waals surface area contributed by atoms with Crippen LogP contribution in [0.4, 0.5) is 11.9 Å². The first-order chi connectivity index (χ1) is 34.0. The molecule has 4 amide bonds. The van der Waals surface area contributed by atoms with E-state index in [2.05, 4.69) is 61.8 Å². The van der Waals surface area contributed by atoms with Gasteiger partial charge >= 0.3 is 11.9 Å². The summed E-state index contributed by atoms with van der Waals surface area (Å²) in [4.78, 5) is 99.0. The van der Waals surface area contributed by atoms with E-state index in [1.165, 1.54) is 46.2 Å². The smallest absolute Gasteiger partial charge is 0.330 e. The number of rotatable bonds is 22. The maximum absolute atomic E-state index is 13.0. The SMILES string of the molecule is COC(=O)[C@H](CNC(=O)c1cscn1)NC(=O)c1c(C)nc(NCCCc2cccc(O)c2)nc1C.Cc1nc(NCCCc2cccc(O)c2)nc(C)c1C(=O)N[C@@H](CNC(=O)c1cscn1)C(=O)O. The van der Waals surface area contributed by atoms with Crippen molar-refractivity contribution in [3.63, 3.8) is 0 Å². The lowest BCUT2D eigenvalue weighted by molar-refractivity contribution is -0.142. The molecule has 0 fully saturated rings. The third-order valence-electron chi connectivity index (χ3n) is 10.3. The fraction of sp³-hybridized carbons (Fsp3) is 0.319. The minimum Gasteiger partial charge on any atom is -0.508 e. The molecule has 0 bridgehead atoms. The van der Waals surface area contributed by atoms with Crippen molar-refractivity contribution in [2.75, 3.05) is 43.9 Å². The molecule has 0 aliphatic heterocycles. The minimum atomic E-state index is -1.35. The molecular weight excluding hydrogens is 957 g/mol. The second-order valence-corrected chi connectivity index (χ2v) is 17.1. The number of amides is 4. The van der Waals surface area contributed by atoms with Gasteiger partial charge in [-0.1, -0.05) is 24.3 Å². The van der Waals surface area contributed by atoms with E-state index in [1.807, 2.05) is 12.1 Å². The van der Waals surface area contributed by atoms with Gasteiger partial charge in [-0.3, -0.25) is 19.2 Å². The number of aromatic hydroxyl groups is 2. The summed E-state index contributed by atoms with van der Waals surface area (Å²) in [7, 11) is 1.20. The van der Waals surface area contributed by atoms with Crippen LogP contribution in [-0.2, 0) is 27.2 Å². The second kappa shape index (κ2) is 26.6. The number of aryl methyl sites for hydroxylation is 6. The van der Waals surface area contributed by atoms with Crippen LogP contribution in [0.25, 0.3) is 0 Å². The van der Waals surface area contributed by atoms with Crippen LogP contribution in [0.5, 0.6) is 11.5 Å². The lowest BCUT2D eigenvalue weighted by Crippen LogP contribution is -2.49. The van der Waals surface area contributed by atoms with Gasteiger partial charge in [0.05, 0.1) is 52.0 Å². The number of thiazole rings is 2. The molecule has 2 aromatic carbocycles. The maximum atomic E-state index is 13.0. The van der Waals surface area contributed by atoms with Gasteiger partial charge in [-0.2, -0.15) is 0 Å². The Kier molecular flexibility index (Phi) is 20.2. The third-order valence-corrected chi connectivity index (χ3v) is 11.5. The van der Waals surface area contributed by atoms with Crippen molar-refractivity contribution in [1.29, 1.82) is 0 Å². The molecule has 6 rings (SSSR count). The first-order valence-corrected chi connectivity index (χ1v) is 23.9.